The smallest absolute Gasteiger partial charge is 0.281 e. The number of hydrogen-bond acceptors (Lipinski definition) is 7. The summed E-state index contributed by atoms with van der Waals surface area (Å²) in [4.78, 5) is 18.0. The minimum absolute atomic E-state index is 0.0518. The third-order valence-corrected chi connectivity index (χ3v) is 6.54. The van der Waals surface area contributed by atoms with Crippen molar-refractivity contribution < 1.29 is 8.42 Å². The number of hydrogen-bond donors (Lipinski definition) is 1. The molecule has 0 aromatic carbocycles. The number of nitrogens with one attached hydrogen (secondary N) is 1. The molecule has 28 heavy (non-hydrogen) atoms. The second kappa shape index (κ2) is 8.06. The Labute approximate surface area is 166 Å². The third-order valence-electron chi connectivity index (χ3n) is 4.63. The molecule has 10 heteroatoms. The number of aromatic nitrogens is 4. The first-order chi connectivity index (χ1) is 13.1. The summed E-state index contributed by atoms with van der Waals surface area (Å²) in [5.41, 5.74) is 2.56. The van der Waals surface area contributed by atoms with Crippen LogP contribution < -0.4 is 5.32 Å². The summed E-state index contributed by atoms with van der Waals surface area (Å²) in [6.07, 6.45) is 1.63. The van der Waals surface area contributed by atoms with Gasteiger partial charge in [-0.1, -0.05) is 0 Å². The molecule has 2 aromatic heterocycles. The van der Waals surface area contributed by atoms with Crippen molar-refractivity contribution in [3.63, 3.8) is 0 Å². The fraction of sp³-hybridized carbons (Fsp3) is 0.556. The molecule has 0 spiro atoms. The van der Waals surface area contributed by atoms with E-state index in [1.807, 2.05) is 32.9 Å². The molecule has 1 aliphatic rings. The second-order valence-corrected chi connectivity index (χ2v) is 9.48. The maximum absolute atomic E-state index is 12.5. The predicted octanol–water partition coefficient (Wildman–Crippen LogP) is 1.92. The van der Waals surface area contributed by atoms with Gasteiger partial charge in [0.2, 0.25) is 5.95 Å². The van der Waals surface area contributed by atoms with Crippen LogP contribution in [0.25, 0.3) is 0 Å². The molecule has 2 aromatic rings. The fourth-order valence-electron chi connectivity index (χ4n) is 3.33. The summed E-state index contributed by atoms with van der Waals surface area (Å²) in [5, 5.41) is 3.15. The highest BCUT2D eigenvalue weighted by molar-refractivity contribution is 7.86. The van der Waals surface area contributed by atoms with Crippen LogP contribution in [0.3, 0.4) is 0 Å². The van der Waals surface area contributed by atoms with Gasteiger partial charge in [-0.25, -0.2) is 19.9 Å². The van der Waals surface area contributed by atoms with Gasteiger partial charge in [-0.05, 0) is 39.7 Å². The molecule has 1 aliphatic heterocycles. The fourth-order valence-corrected chi connectivity index (χ4v) is 4.52. The van der Waals surface area contributed by atoms with E-state index >= 15 is 0 Å². The standard InChI is InChI=1S/C18H27N7O2S/c1-12-9-13(2)21-18(20-12)23-16-10-14(3)19-17(22-16)15-7-6-8-25(11-15)28(26,27)24(4)5/h9-10,15H,6-8,11H2,1-5H3,(H,19,20,21,22,23)/t15-/m0/s1. The minimum atomic E-state index is -3.44. The van der Waals surface area contributed by atoms with Crippen molar-refractivity contribution in [3.8, 4) is 0 Å². The number of rotatable bonds is 5. The van der Waals surface area contributed by atoms with Crippen LogP contribution in [-0.2, 0) is 10.2 Å². The van der Waals surface area contributed by atoms with E-state index in [1.165, 1.54) is 8.61 Å². The summed E-state index contributed by atoms with van der Waals surface area (Å²) >= 11 is 0. The molecule has 1 fully saturated rings. The van der Waals surface area contributed by atoms with Gasteiger partial charge >= 0.3 is 0 Å². The summed E-state index contributed by atoms with van der Waals surface area (Å²) in [6, 6.07) is 3.74. The summed E-state index contributed by atoms with van der Waals surface area (Å²) in [5.74, 6) is 1.69. The molecular weight excluding hydrogens is 378 g/mol. The monoisotopic (exact) mass is 405 g/mol. The molecule has 0 amide bonds. The van der Waals surface area contributed by atoms with Gasteiger partial charge in [0.05, 0.1) is 0 Å². The summed E-state index contributed by atoms with van der Waals surface area (Å²) < 4.78 is 27.7. The van der Waals surface area contributed by atoms with Gasteiger partial charge in [-0.15, -0.1) is 0 Å². The minimum Gasteiger partial charge on any atom is -0.309 e. The first-order valence-electron chi connectivity index (χ1n) is 9.27. The van der Waals surface area contributed by atoms with Gasteiger partial charge < -0.3 is 5.32 Å². The molecule has 0 unspecified atom stereocenters. The van der Waals surface area contributed by atoms with Crippen molar-refractivity contribution >= 4 is 22.0 Å². The first kappa shape index (κ1) is 20.6. The molecule has 3 rings (SSSR count). The van der Waals surface area contributed by atoms with Crippen LogP contribution in [0.2, 0.25) is 0 Å². The highest BCUT2D eigenvalue weighted by atomic mass is 32.2. The Kier molecular flexibility index (Phi) is 5.92. The van der Waals surface area contributed by atoms with Crippen molar-refractivity contribution in [1.29, 1.82) is 0 Å². The zero-order chi connectivity index (χ0) is 20.5. The zero-order valence-corrected chi connectivity index (χ0v) is 17.8. The molecule has 1 saturated heterocycles. The van der Waals surface area contributed by atoms with Crippen LogP contribution in [0.5, 0.6) is 0 Å². The van der Waals surface area contributed by atoms with Gasteiger partial charge in [-0.3, -0.25) is 0 Å². The zero-order valence-electron chi connectivity index (χ0n) is 17.0. The van der Waals surface area contributed by atoms with E-state index in [0.717, 1.165) is 29.9 Å². The van der Waals surface area contributed by atoms with Crippen molar-refractivity contribution in [2.45, 2.75) is 39.5 Å². The van der Waals surface area contributed by atoms with Crippen LogP contribution in [0, 0.1) is 20.8 Å². The van der Waals surface area contributed by atoms with Crippen molar-refractivity contribution in [1.82, 2.24) is 28.5 Å². The molecule has 0 bridgehead atoms. The number of piperidine rings is 1. The lowest BCUT2D eigenvalue weighted by atomic mass is 9.99. The van der Waals surface area contributed by atoms with Crippen molar-refractivity contribution in [2.75, 3.05) is 32.5 Å². The van der Waals surface area contributed by atoms with E-state index in [9.17, 15) is 8.42 Å². The van der Waals surface area contributed by atoms with Gasteiger partial charge in [0.15, 0.2) is 0 Å². The van der Waals surface area contributed by atoms with E-state index in [4.69, 9.17) is 0 Å². The summed E-state index contributed by atoms with van der Waals surface area (Å²) in [7, 11) is -0.345. The highest BCUT2D eigenvalue weighted by Gasteiger charge is 2.32. The molecule has 1 N–H and O–H groups in total. The largest absolute Gasteiger partial charge is 0.309 e. The van der Waals surface area contributed by atoms with Gasteiger partial charge in [-0.2, -0.15) is 17.0 Å². The Morgan fingerprint density at radius 3 is 2.32 bits per heavy atom. The van der Waals surface area contributed by atoms with E-state index in [-0.39, 0.29) is 5.92 Å². The van der Waals surface area contributed by atoms with Gasteiger partial charge in [0.25, 0.3) is 10.2 Å². The number of anilines is 2. The van der Waals surface area contributed by atoms with E-state index in [2.05, 4.69) is 25.3 Å². The number of nitrogens with zero attached hydrogens (tertiary/aromatic N) is 6. The lowest BCUT2D eigenvalue weighted by Gasteiger charge is -2.32. The van der Waals surface area contributed by atoms with Crippen LogP contribution in [0.4, 0.5) is 11.8 Å². The normalized spacial score (nSPS) is 18.4. The molecule has 152 valence electrons. The quantitative estimate of drug-likeness (QED) is 0.810. The maximum Gasteiger partial charge on any atom is 0.281 e. The topological polar surface area (TPSA) is 104 Å². The van der Waals surface area contributed by atoms with Crippen molar-refractivity contribution in [2.24, 2.45) is 0 Å². The maximum atomic E-state index is 12.5. The second-order valence-electron chi connectivity index (χ2n) is 7.34. The van der Waals surface area contributed by atoms with Crippen LogP contribution in [0.15, 0.2) is 12.1 Å². The third kappa shape index (κ3) is 4.62. The molecule has 3 heterocycles. The van der Waals surface area contributed by atoms with E-state index in [1.54, 1.807) is 14.1 Å². The summed E-state index contributed by atoms with van der Waals surface area (Å²) in [6.45, 7) is 6.63. The van der Waals surface area contributed by atoms with Crippen molar-refractivity contribution in [3.05, 3.63) is 35.0 Å². The Bertz CT molecular complexity index is 942. The van der Waals surface area contributed by atoms with Crippen LogP contribution in [-0.4, -0.2) is 64.1 Å². The molecule has 1 atom stereocenters. The lowest BCUT2D eigenvalue weighted by Crippen LogP contribution is -2.45. The van der Waals surface area contributed by atoms with Gasteiger partial charge in [0, 0.05) is 56.3 Å². The molecule has 0 saturated carbocycles. The van der Waals surface area contributed by atoms with E-state index < -0.39 is 10.2 Å². The lowest BCUT2D eigenvalue weighted by molar-refractivity contribution is 0.293. The van der Waals surface area contributed by atoms with Gasteiger partial charge in [0.1, 0.15) is 11.6 Å². The predicted molar refractivity (Wildman–Crippen MR) is 108 cm³/mol. The van der Waals surface area contributed by atoms with Crippen LogP contribution in [0.1, 0.15) is 41.7 Å². The van der Waals surface area contributed by atoms with Crippen LogP contribution >= 0.6 is 0 Å². The average Bonchev–Trinajstić information content (AvgIpc) is 2.60. The Morgan fingerprint density at radius 2 is 1.68 bits per heavy atom. The Morgan fingerprint density at radius 1 is 1.04 bits per heavy atom. The Balaban J connectivity index is 1.84. The molecule has 0 aliphatic carbocycles. The first-order valence-corrected chi connectivity index (χ1v) is 10.7. The SMILES string of the molecule is Cc1cc(C)nc(Nc2cc(C)nc([C@H]3CCCN(S(=O)(=O)N(C)C)C3)n2)n1. The molecule has 0 radical (unpaired) electrons. The average molecular weight is 406 g/mol. The molecule has 9 nitrogen and oxygen atoms in total. The molecular formula is C18H27N7O2S. The Hall–Kier alpha value is -2.17. The highest BCUT2D eigenvalue weighted by Crippen LogP contribution is 2.28. The van der Waals surface area contributed by atoms with E-state index in [0.29, 0.717) is 30.7 Å². The number of aryl methyl sites for hydroxylation is 3.